The lowest BCUT2D eigenvalue weighted by Gasteiger charge is -2.50. The molecule has 1 unspecified atom stereocenters. The molecule has 2 aliphatic rings. The van der Waals surface area contributed by atoms with Gasteiger partial charge in [-0.3, -0.25) is 24.9 Å². The number of thiazole rings is 1. The molecule has 1 fully saturated rings. The molecule has 69 heavy (non-hydrogen) atoms. The van der Waals surface area contributed by atoms with Crippen LogP contribution < -0.4 is 10.6 Å². The zero-order valence-electron chi connectivity index (χ0n) is 37.7. The number of aromatic nitrogens is 4. The highest BCUT2D eigenvalue weighted by Crippen LogP contribution is 2.56. The zero-order chi connectivity index (χ0) is 48.0. The van der Waals surface area contributed by atoms with Gasteiger partial charge in [0, 0.05) is 16.0 Å². The molecule has 3 amide bonds. The van der Waals surface area contributed by atoms with E-state index in [9.17, 15) is 14.4 Å². The van der Waals surface area contributed by atoms with Crippen molar-refractivity contribution in [2.24, 2.45) is 0 Å². The number of aromatic amines is 1. The fraction of sp³-hybridized carbons (Fsp3) is 0.212. The normalized spacial score (nSPS) is 16.3. The number of hydrogen-bond acceptors (Lipinski definition) is 13. The number of benzene rings is 5. The van der Waals surface area contributed by atoms with Crippen molar-refractivity contribution in [2.45, 2.75) is 65.3 Å². The van der Waals surface area contributed by atoms with Crippen molar-refractivity contribution in [2.75, 3.05) is 11.1 Å². The Hall–Kier alpha value is -6.66. The smallest absolute Gasteiger partial charge is 0.413 e. The maximum atomic E-state index is 15.3. The number of β-lactam (4-membered cyclic amide) rings is 1. The first-order valence-corrected chi connectivity index (χ1v) is 25.8. The van der Waals surface area contributed by atoms with E-state index in [1.54, 1.807) is 32.3 Å². The standard InChI is InChI=1S/C52H47N7O6S4/c1-51(2,3)65-50(63)56-49-54-38(31-67-49)29-40(60)55-42-45(61)59-43(47(62)64-44(33-19-9-4-10-20-33)34-21-11-5-12-22-34)39(32-66-46(42)59)68-48(69-41-30-53-58-57-41)52(35-23-13-6-14-24-35,36-25-15-7-16-26-36)37-27-17-8-18-28-37/h4-28,30-31,42,44,46,48H,29,32H2,1-3H3,(H,55,60)(H,53,57,58)(H,54,56,63)/t42-,46-,48?/m1/s1. The molecule has 13 nitrogen and oxygen atoms in total. The van der Waals surface area contributed by atoms with Crippen molar-refractivity contribution in [3.8, 4) is 0 Å². The second kappa shape index (κ2) is 20.9. The summed E-state index contributed by atoms with van der Waals surface area (Å²) in [5.41, 5.74) is 3.49. The number of amides is 3. The molecule has 2 aromatic heterocycles. The summed E-state index contributed by atoms with van der Waals surface area (Å²) in [4.78, 5) is 62.5. The molecule has 3 N–H and O–H groups in total. The highest BCUT2D eigenvalue weighted by atomic mass is 32.2. The lowest BCUT2D eigenvalue weighted by atomic mass is 9.70. The van der Waals surface area contributed by atoms with Crippen molar-refractivity contribution in [3.05, 3.63) is 207 Å². The summed E-state index contributed by atoms with van der Waals surface area (Å²) in [6.07, 6.45) is 0.148. The van der Waals surface area contributed by atoms with Gasteiger partial charge in [0.25, 0.3) is 5.91 Å². The van der Waals surface area contributed by atoms with E-state index in [0.29, 0.717) is 21.4 Å². The number of fused-ring (bicyclic) bond motifs is 1. The Morgan fingerprint density at radius 3 is 1.87 bits per heavy atom. The number of nitrogens with zero attached hydrogens (tertiary/aromatic N) is 4. The maximum Gasteiger partial charge on any atom is 0.413 e. The second-order valence-corrected chi connectivity index (χ2v) is 21.7. The highest BCUT2D eigenvalue weighted by molar-refractivity contribution is 8.19. The van der Waals surface area contributed by atoms with E-state index in [0.717, 1.165) is 39.2 Å². The van der Waals surface area contributed by atoms with Gasteiger partial charge in [-0.25, -0.2) is 14.6 Å². The van der Waals surface area contributed by atoms with E-state index in [4.69, 9.17) is 9.47 Å². The van der Waals surface area contributed by atoms with Crippen molar-refractivity contribution >= 4 is 75.6 Å². The molecular formula is C52H47N7O6S4. The molecule has 0 bridgehead atoms. The van der Waals surface area contributed by atoms with Crippen LogP contribution >= 0.6 is 46.6 Å². The third-order valence-electron chi connectivity index (χ3n) is 11.3. The molecule has 7 aromatic rings. The minimum absolute atomic E-state index is 0.113. The number of carbonyl (C=O) groups is 4. The summed E-state index contributed by atoms with van der Waals surface area (Å²) >= 11 is 5.62. The van der Waals surface area contributed by atoms with Gasteiger partial charge >= 0.3 is 12.1 Å². The average Bonchev–Trinajstić information content (AvgIpc) is 4.05. The number of carbonyl (C=O) groups excluding carboxylic acids is 4. The number of esters is 1. The fourth-order valence-corrected chi connectivity index (χ4v) is 13.7. The van der Waals surface area contributed by atoms with Crippen LogP contribution in [0.2, 0.25) is 0 Å². The van der Waals surface area contributed by atoms with Gasteiger partial charge in [-0.05, 0) is 48.6 Å². The highest BCUT2D eigenvalue weighted by Gasteiger charge is 2.56. The Kier molecular flexibility index (Phi) is 14.4. The number of thioether (sulfide) groups is 3. The molecule has 0 aliphatic carbocycles. The average molecular weight is 994 g/mol. The summed E-state index contributed by atoms with van der Waals surface area (Å²) in [7, 11) is 0. The predicted octanol–water partition coefficient (Wildman–Crippen LogP) is 9.98. The van der Waals surface area contributed by atoms with Crippen LogP contribution in [-0.4, -0.2) is 76.5 Å². The lowest BCUT2D eigenvalue weighted by Crippen LogP contribution is -2.70. The van der Waals surface area contributed by atoms with Crippen LogP contribution in [0.5, 0.6) is 0 Å². The second-order valence-electron chi connectivity index (χ2n) is 17.1. The third kappa shape index (κ3) is 10.5. The van der Waals surface area contributed by atoms with Crippen molar-refractivity contribution in [3.63, 3.8) is 0 Å². The SMILES string of the molecule is CC(C)(C)OC(=O)Nc1nc(CC(=O)N[C@@H]2C(=O)N3C(C(=O)OC(c4ccccc4)c4ccccc4)=C(SC(Sc4c[nH]nn4)C(c4ccccc4)(c4ccccc4)c4ccccc4)CS[C@H]23)cs1. The number of nitrogens with one attached hydrogen (secondary N) is 3. The van der Waals surface area contributed by atoms with Gasteiger partial charge in [0.05, 0.1) is 28.3 Å². The Labute approximate surface area is 416 Å². The number of hydrogen-bond donors (Lipinski definition) is 3. The van der Waals surface area contributed by atoms with Crippen LogP contribution in [0.4, 0.5) is 9.93 Å². The molecule has 17 heteroatoms. The topological polar surface area (TPSA) is 168 Å². The monoisotopic (exact) mass is 993 g/mol. The van der Waals surface area contributed by atoms with Gasteiger partial charge in [0.15, 0.2) is 11.2 Å². The Morgan fingerprint density at radius 1 is 0.797 bits per heavy atom. The molecule has 5 aromatic carbocycles. The summed E-state index contributed by atoms with van der Waals surface area (Å²) < 4.78 is 11.5. The summed E-state index contributed by atoms with van der Waals surface area (Å²) in [6.45, 7) is 5.28. The first kappa shape index (κ1) is 47.4. The number of H-pyrrole nitrogens is 1. The number of ether oxygens (including phenoxy) is 2. The van der Waals surface area contributed by atoms with Crippen molar-refractivity contribution < 1.29 is 28.7 Å². The van der Waals surface area contributed by atoms with Crippen LogP contribution in [0.25, 0.3) is 0 Å². The van der Waals surface area contributed by atoms with Gasteiger partial charge in [-0.2, -0.15) is 0 Å². The fourth-order valence-electron chi connectivity index (χ4n) is 8.34. The van der Waals surface area contributed by atoms with E-state index in [1.807, 2.05) is 115 Å². The van der Waals surface area contributed by atoms with E-state index >= 15 is 4.79 Å². The molecule has 9 rings (SSSR count). The molecule has 0 saturated carbocycles. The van der Waals surface area contributed by atoms with Crippen LogP contribution in [0.15, 0.2) is 179 Å². The molecule has 0 radical (unpaired) electrons. The lowest BCUT2D eigenvalue weighted by molar-refractivity contribution is -0.154. The minimum atomic E-state index is -0.939. The maximum absolute atomic E-state index is 15.3. The molecular weight excluding hydrogens is 947 g/mol. The van der Waals surface area contributed by atoms with Crippen molar-refractivity contribution in [1.29, 1.82) is 0 Å². The molecule has 4 heterocycles. The molecule has 0 spiro atoms. The van der Waals surface area contributed by atoms with E-state index in [2.05, 4.69) is 67.4 Å². The molecule has 1 saturated heterocycles. The predicted molar refractivity (Wildman–Crippen MR) is 271 cm³/mol. The number of anilines is 1. The quantitative estimate of drug-likeness (QED) is 0.0276. The molecule has 3 atom stereocenters. The van der Waals surface area contributed by atoms with Crippen LogP contribution in [-0.2, 0) is 35.7 Å². The Balaban J connectivity index is 1.10. The first-order chi connectivity index (χ1) is 33.5. The van der Waals surface area contributed by atoms with Crippen LogP contribution in [0.3, 0.4) is 0 Å². The Morgan fingerprint density at radius 2 is 1.35 bits per heavy atom. The van der Waals surface area contributed by atoms with E-state index in [1.165, 1.54) is 40.2 Å². The van der Waals surface area contributed by atoms with E-state index < -0.39 is 57.0 Å². The van der Waals surface area contributed by atoms with Gasteiger partial charge in [-0.1, -0.05) is 169 Å². The van der Waals surface area contributed by atoms with Gasteiger partial charge in [0.1, 0.15) is 27.7 Å². The third-order valence-corrected chi connectivity index (χ3v) is 16.3. The summed E-state index contributed by atoms with van der Waals surface area (Å²) in [6, 6.07) is 48.9. The Bertz CT molecular complexity index is 2780. The van der Waals surface area contributed by atoms with Gasteiger partial charge in [-0.15, -0.1) is 40.0 Å². The summed E-state index contributed by atoms with van der Waals surface area (Å²) in [5, 5.41) is 18.9. The van der Waals surface area contributed by atoms with Crippen molar-refractivity contribution in [1.82, 2.24) is 30.6 Å². The van der Waals surface area contributed by atoms with E-state index in [-0.39, 0.29) is 17.2 Å². The van der Waals surface area contributed by atoms with Gasteiger partial charge in [0.2, 0.25) is 5.91 Å². The first-order valence-electron chi connectivity index (χ1n) is 22.1. The van der Waals surface area contributed by atoms with Crippen LogP contribution in [0, 0.1) is 0 Å². The van der Waals surface area contributed by atoms with Crippen LogP contribution in [0.1, 0.15) is 60.4 Å². The molecule has 2 aliphatic heterocycles. The molecule has 350 valence electrons. The summed E-state index contributed by atoms with van der Waals surface area (Å²) in [5.74, 6) is -1.26. The number of rotatable bonds is 16. The minimum Gasteiger partial charge on any atom is -0.448 e. The van der Waals surface area contributed by atoms with Gasteiger partial charge < -0.3 is 14.8 Å². The largest absolute Gasteiger partial charge is 0.448 e. The zero-order valence-corrected chi connectivity index (χ0v) is 40.9.